The van der Waals surface area contributed by atoms with E-state index in [1.165, 1.54) is 24.3 Å². The summed E-state index contributed by atoms with van der Waals surface area (Å²) in [6, 6.07) is 10.6. The fourth-order valence-electron chi connectivity index (χ4n) is 4.45. The van der Waals surface area contributed by atoms with Crippen LogP contribution in [-0.2, 0) is 6.54 Å². The first-order valence-electron chi connectivity index (χ1n) is 9.91. The van der Waals surface area contributed by atoms with Crippen LogP contribution in [0.25, 0.3) is 0 Å². The molecule has 30 heavy (non-hydrogen) atoms. The van der Waals surface area contributed by atoms with Crippen LogP contribution < -0.4 is 15.8 Å². The fourth-order valence-corrected chi connectivity index (χ4v) is 4.45. The van der Waals surface area contributed by atoms with Crippen molar-refractivity contribution in [2.45, 2.75) is 18.9 Å². The first-order chi connectivity index (χ1) is 14.6. The maximum absolute atomic E-state index is 13.1. The Morgan fingerprint density at radius 1 is 1.03 bits per heavy atom. The van der Waals surface area contributed by atoms with Gasteiger partial charge in [0.25, 0.3) is 11.5 Å². The molecule has 2 aliphatic rings. The van der Waals surface area contributed by atoms with Crippen molar-refractivity contribution >= 4 is 17.5 Å². The largest absolute Gasteiger partial charge is 0.340 e. The Morgan fingerprint density at radius 3 is 2.57 bits per heavy atom. The van der Waals surface area contributed by atoms with E-state index in [2.05, 4.69) is 20.2 Å². The molecule has 0 radical (unpaired) electrons. The molecule has 0 aliphatic carbocycles. The first-order valence-corrected chi connectivity index (χ1v) is 9.91. The zero-order valence-corrected chi connectivity index (χ0v) is 16.2. The molecule has 2 bridgehead atoms. The average Bonchev–Trinajstić information content (AvgIpc) is 2.77. The van der Waals surface area contributed by atoms with Crippen molar-refractivity contribution in [3.8, 4) is 0 Å². The van der Waals surface area contributed by atoms with Crippen LogP contribution in [0.1, 0.15) is 28.4 Å². The Hall–Kier alpha value is -3.55. The Bertz CT molecular complexity index is 1150. The molecule has 0 spiro atoms. The van der Waals surface area contributed by atoms with Crippen LogP contribution >= 0.6 is 0 Å². The molecular weight excluding hydrogens is 385 g/mol. The van der Waals surface area contributed by atoms with E-state index in [0.717, 1.165) is 25.2 Å². The molecule has 1 fully saturated rings. The Labute approximate surface area is 172 Å². The highest BCUT2D eigenvalue weighted by atomic mass is 19.1. The normalized spacial score (nSPS) is 19.8. The molecule has 7 nitrogen and oxygen atoms in total. The molecule has 1 aromatic carbocycles. The molecule has 2 aromatic heterocycles. The van der Waals surface area contributed by atoms with Gasteiger partial charge in [0, 0.05) is 49.2 Å². The SMILES string of the molecule is O=C(Nc1ccc2n(c1=O)C[C@H]1C[C@@H]2CN(c2ncccn2)C1)c1ccc(F)cc1. The number of halogens is 1. The lowest BCUT2D eigenvalue weighted by Gasteiger charge is -2.42. The van der Waals surface area contributed by atoms with Crippen LogP contribution in [0.15, 0.2) is 59.7 Å². The van der Waals surface area contributed by atoms with E-state index in [9.17, 15) is 14.0 Å². The zero-order chi connectivity index (χ0) is 20.7. The number of carbonyl (C=O) groups excluding carboxylic acids is 1. The Morgan fingerprint density at radius 2 is 1.80 bits per heavy atom. The van der Waals surface area contributed by atoms with Gasteiger partial charge in [-0.2, -0.15) is 0 Å². The number of hydrogen-bond acceptors (Lipinski definition) is 5. The number of nitrogens with zero attached hydrogens (tertiary/aromatic N) is 4. The van der Waals surface area contributed by atoms with Gasteiger partial charge in [0.1, 0.15) is 11.5 Å². The van der Waals surface area contributed by atoms with Gasteiger partial charge in [-0.3, -0.25) is 9.59 Å². The molecule has 152 valence electrons. The molecule has 0 unspecified atom stereocenters. The average molecular weight is 405 g/mol. The minimum atomic E-state index is -0.434. The van der Waals surface area contributed by atoms with E-state index in [0.29, 0.717) is 24.0 Å². The van der Waals surface area contributed by atoms with Gasteiger partial charge in [0.05, 0.1) is 0 Å². The summed E-state index contributed by atoms with van der Waals surface area (Å²) in [4.78, 5) is 36.4. The minimum absolute atomic E-state index is 0.204. The van der Waals surface area contributed by atoms with Crippen LogP contribution in [0.2, 0.25) is 0 Å². The summed E-state index contributed by atoms with van der Waals surface area (Å²) in [6.45, 7) is 2.13. The van der Waals surface area contributed by atoms with E-state index < -0.39 is 11.7 Å². The van der Waals surface area contributed by atoms with Crippen LogP contribution in [0.4, 0.5) is 16.0 Å². The summed E-state index contributed by atoms with van der Waals surface area (Å²) in [5.74, 6) is 0.376. The van der Waals surface area contributed by atoms with Crippen molar-refractivity contribution in [1.82, 2.24) is 14.5 Å². The Balaban J connectivity index is 1.40. The number of benzene rings is 1. The molecule has 8 heteroatoms. The van der Waals surface area contributed by atoms with Crippen LogP contribution in [0, 0.1) is 11.7 Å². The third-order valence-electron chi connectivity index (χ3n) is 5.79. The Kier molecular flexibility index (Phi) is 4.54. The molecule has 1 N–H and O–H groups in total. The summed E-state index contributed by atoms with van der Waals surface area (Å²) in [7, 11) is 0. The summed E-state index contributed by atoms with van der Waals surface area (Å²) in [5.41, 5.74) is 1.30. The summed E-state index contributed by atoms with van der Waals surface area (Å²) >= 11 is 0. The van der Waals surface area contributed by atoms with Crippen molar-refractivity contribution in [2.24, 2.45) is 5.92 Å². The smallest absolute Gasteiger partial charge is 0.274 e. The van der Waals surface area contributed by atoms with Gasteiger partial charge in [-0.05, 0) is 54.8 Å². The molecule has 0 saturated carbocycles. The number of nitrogens with one attached hydrogen (secondary N) is 1. The second-order valence-corrected chi connectivity index (χ2v) is 7.80. The number of carbonyl (C=O) groups is 1. The lowest BCUT2D eigenvalue weighted by Crippen LogP contribution is -2.48. The lowest BCUT2D eigenvalue weighted by atomic mass is 9.83. The summed E-state index contributed by atoms with van der Waals surface area (Å²) < 4.78 is 14.9. The van der Waals surface area contributed by atoms with Gasteiger partial charge in [-0.1, -0.05) is 0 Å². The van der Waals surface area contributed by atoms with Crippen LogP contribution in [0.3, 0.4) is 0 Å². The van der Waals surface area contributed by atoms with Crippen molar-refractivity contribution in [3.05, 3.63) is 82.3 Å². The number of hydrogen-bond donors (Lipinski definition) is 1. The maximum atomic E-state index is 13.1. The van der Waals surface area contributed by atoms with E-state index in [1.54, 1.807) is 29.1 Å². The van der Waals surface area contributed by atoms with Crippen LogP contribution in [0.5, 0.6) is 0 Å². The van der Waals surface area contributed by atoms with Gasteiger partial charge in [-0.15, -0.1) is 0 Å². The number of piperidine rings is 1. The topological polar surface area (TPSA) is 80.1 Å². The summed E-state index contributed by atoms with van der Waals surface area (Å²) in [5, 5.41) is 2.67. The van der Waals surface area contributed by atoms with Gasteiger partial charge in [-0.25, -0.2) is 14.4 Å². The van der Waals surface area contributed by atoms with Gasteiger partial charge < -0.3 is 14.8 Å². The van der Waals surface area contributed by atoms with Crippen molar-refractivity contribution in [3.63, 3.8) is 0 Å². The van der Waals surface area contributed by atoms with Crippen molar-refractivity contribution in [2.75, 3.05) is 23.3 Å². The van der Waals surface area contributed by atoms with E-state index in [-0.39, 0.29) is 17.2 Å². The maximum Gasteiger partial charge on any atom is 0.274 e. The highest BCUT2D eigenvalue weighted by Crippen LogP contribution is 2.36. The molecule has 4 heterocycles. The monoisotopic (exact) mass is 405 g/mol. The highest BCUT2D eigenvalue weighted by Gasteiger charge is 2.35. The molecule has 3 aromatic rings. The first kappa shape index (κ1) is 18.5. The second kappa shape index (κ2) is 7.37. The third-order valence-corrected chi connectivity index (χ3v) is 5.79. The van der Waals surface area contributed by atoms with E-state index >= 15 is 0 Å². The zero-order valence-electron chi connectivity index (χ0n) is 16.2. The van der Waals surface area contributed by atoms with E-state index in [4.69, 9.17) is 0 Å². The minimum Gasteiger partial charge on any atom is -0.340 e. The highest BCUT2D eigenvalue weighted by molar-refractivity contribution is 6.04. The lowest BCUT2D eigenvalue weighted by molar-refractivity contribution is 0.102. The number of aromatic nitrogens is 3. The van der Waals surface area contributed by atoms with Crippen LogP contribution in [-0.4, -0.2) is 33.5 Å². The quantitative estimate of drug-likeness (QED) is 0.725. The second-order valence-electron chi connectivity index (χ2n) is 7.80. The van der Waals surface area contributed by atoms with Crippen molar-refractivity contribution in [1.29, 1.82) is 0 Å². The van der Waals surface area contributed by atoms with Gasteiger partial charge >= 0.3 is 0 Å². The molecule has 5 rings (SSSR count). The molecular formula is C22H20FN5O2. The van der Waals surface area contributed by atoms with Crippen molar-refractivity contribution < 1.29 is 9.18 Å². The standard InChI is InChI=1S/C22H20FN5O2/c23-17-4-2-15(3-5-17)20(29)26-18-6-7-19-16-10-14(12-28(19)21(18)30)11-27(13-16)22-24-8-1-9-25-22/h1-9,14,16H,10-13H2,(H,26,29)/t14-,16+/m0/s1. The van der Waals surface area contributed by atoms with E-state index in [1.807, 2.05) is 6.07 Å². The molecule has 2 aliphatic heterocycles. The third kappa shape index (κ3) is 3.34. The fraction of sp³-hybridized carbons (Fsp3) is 0.273. The predicted octanol–water partition coefficient (Wildman–Crippen LogP) is 2.65. The predicted molar refractivity (Wildman–Crippen MR) is 110 cm³/mol. The summed E-state index contributed by atoms with van der Waals surface area (Å²) in [6.07, 6.45) is 4.49. The number of fused-ring (bicyclic) bond motifs is 4. The molecule has 1 saturated heterocycles. The molecule has 1 amide bonds. The number of rotatable bonds is 3. The van der Waals surface area contributed by atoms with Gasteiger partial charge in [0.15, 0.2) is 0 Å². The number of amides is 1. The molecule has 2 atom stereocenters. The van der Waals surface area contributed by atoms with Gasteiger partial charge in [0.2, 0.25) is 5.95 Å². The number of anilines is 2. The number of pyridine rings is 1.